The smallest absolute Gasteiger partial charge is 0.0471 e. The monoisotopic (exact) mass is 185 g/mol. The first-order valence-electron chi connectivity index (χ1n) is 5.70. The summed E-state index contributed by atoms with van der Waals surface area (Å²) in [4.78, 5) is 2.51. The topological polar surface area (TPSA) is 23.5 Å². The molecule has 0 aromatic rings. The summed E-state index contributed by atoms with van der Waals surface area (Å²) in [5.74, 6) is 0.551. The van der Waals surface area contributed by atoms with E-state index in [-0.39, 0.29) is 0 Å². The minimum absolute atomic E-state index is 0.379. The summed E-state index contributed by atoms with van der Waals surface area (Å²) >= 11 is 0. The summed E-state index contributed by atoms with van der Waals surface area (Å²) in [6.07, 6.45) is 6.48. The van der Waals surface area contributed by atoms with Crippen molar-refractivity contribution in [2.24, 2.45) is 5.92 Å². The average Bonchev–Trinajstić information content (AvgIpc) is 2.19. The lowest BCUT2D eigenvalue weighted by molar-refractivity contribution is 0.119. The van der Waals surface area contributed by atoms with E-state index in [1.165, 1.54) is 45.2 Å². The van der Waals surface area contributed by atoms with Gasteiger partial charge in [0.15, 0.2) is 0 Å². The Morgan fingerprint density at radius 3 is 2.92 bits per heavy atom. The molecule has 1 rings (SSSR count). The van der Waals surface area contributed by atoms with Gasteiger partial charge in [-0.1, -0.05) is 19.8 Å². The Bertz CT molecular complexity index is 127. The highest BCUT2D eigenvalue weighted by Crippen LogP contribution is 2.16. The third-order valence-corrected chi connectivity index (χ3v) is 2.94. The van der Waals surface area contributed by atoms with Crippen LogP contribution >= 0.6 is 0 Å². The van der Waals surface area contributed by atoms with E-state index in [2.05, 4.69) is 11.8 Å². The van der Waals surface area contributed by atoms with E-state index in [0.29, 0.717) is 12.5 Å². The maximum atomic E-state index is 9.05. The zero-order chi connectivity index (χ0) is 9.52. The summed E-state index contributed by atoms with van der Waals surface area (Å²) in [6, 6.07) is 0. The van der Waals surface area contributed by atoms with Gasteiger partial charge in [0.2, 0.25) is 0 Å². The summed E-state index contributed by atoms with van der Waals surface area (Å²) < 4.78 is 0. The van der Waals surface area contributed by atoms with Gasteiger partial charge in [0.1, 0.15) is 0 Å². The van der Waals surface area contributed by atoms with Crippen molar-refractivity contribution in [3.8, 4) is 0 Å². The Hall–Kier alpha value is -0.0800. The van der Waals surface area contributed by atoms with Crippen molar-refractivity contribution in [1.82, 2.24) is 4.90 Å². The van der Waals surface area contributed by atoms with E-state index < -0.39 is 0 Å². The van der Waals surface area contributed by atoms with Crippen molar-refractivity contribution in [2.45, 2.75) is 39.0 Å². The van der Waals surface area contributed by atoms with Crippen molar-refractivity contribution >= 4 is 0 Å². The second kappa shape index (κ2) is 6.39. The quantitative estimate of drug-likeness (QED) is 0.661. The molecule has 1 N–H and O–H groups in total. The molecule has 0 bridgehead atoms. The van der Waals surface area contributed by atoms with E-state index in [1.807, 2.05) is 0 Å². The Morgan fingerprint density at radius 1 is 1.38 bits per heavy atom. The Labute approximate surface area is 81.9 Å². The number of hydrogen-bond acceptors (Lipinski definition) is 2. The standard InChI is InChI=1S/C11H23NO/c1-2-3-4-7-12-8-5-6-11(9-12)10-13/h11,13H,2-10H2,1H3. The van der Waals surface area contributed by atoms with E-state index in [0.717, 1.165) is 6.54 Å². The number of nitrogens with zero attached hydrogens (tertiary/aromatic N) is 1. The van der Waals surface area contributed by atoms with Gasteiger partial charge in [-0.15, -0.1) is 0 Å². The van der Waals surface area contributed by atoms with Crippen molar-refractivity contribution in [2.75, 3.05) is 26.2 Å². The first kappa shape index (κ1) is 11.0. The van der Waals surface area contributed by atoms with Gasteiger partial charge in [-0.2, -0.15) is 0 Å². The number of unbranched alkanes of at least 4 members (excludes halogenated alkanes) is 2. The van der Waals surface area contributed by atoms with Gasteiger partial charge in [0.05, 0.1) is 0 Å². The van der Waals surface area contributed by atoms with E-state index >= 15 is 0 Å². The molecule has 2 nitrogen and oxygen atoms in total. The Balaban J connectivity index is 2.11. The van der Waals surface area contributed by atoms with Gasteiger partial charge in [-0.3, -0.25) is 0 Å². The van der Waals surface area contributed by atoms with Crippen LogP contribution in [0.2, 0.25) is 0 Å². The number of likely N-dealkylation sites (tertiary alicyclic amines) is 1. The second-order valence-corrected chi connectivity index (χ2v) is 4.20. The molecule has 1 saturated heterocycles. The average molecular weight is 185 g/mol. The lowest BCUT2D eigenvalue weighted by Crippen LogP contribution is -2.37. The molecule has 0 aliphatic carbocycles. The van der Waals surface area contributed by atoms with Crippen molar-refractivity contribution < 1.29 is 5.11 Å². The first-order valence-corrected chi connectivity index (χ1v) is 5.70. The molecule has 0 aromatic carbocycles. The van der Waals surface area contributed by atoms with E-state index in [1.54, 1.807) is 0 Å². The van der Waals surface area contributed by atoms with Crippen LogP contribution < -0.4 is 0 Å². The van der Waals surface area contributed by atoms with Crippen LogP contribution in [0.3, 0.4) is 0 Å². The molecule has 1 unspecified atom stereocenters. The molecule has 0 radical (unpaired) electrons. The molecule has 13 heavy (non-hydrogen) atoms. The fraction of sp³-hybridized carbons (Fsp3) is 1.00. The van der Waals surface area contributed by atoms with Crippen LogP contribution in [0.15, 0.2) is 0 Å². The summed E-state index contributed by atoms with van der Waals surface area (Å²) in [5.41, 5.74) is 0. The summed E-state index contributed by atoms with van der Waals surface area (Å²) in [6.45, 7) is 6.24. The Morgan fingerprint density at radius 2 is 2.23 bits per heavy atom. The molecule has 0 saturated carbocycles. The third-order valence-electron chi connectivity index (χ3n) is 2.94. The first-order chi connectivity index (χ1) is 6.36. The van der Waals surface area contributed by atoms with Crippen LogP contribution in [0, 0.1) is 5.92 Å². The highest BCUT2D eigenvalue weighted by molar-refractivity contribution is 4.71. The third kappa shape index (κ3) is 4.10. The molecule has 78 valence electrons. The van der Waals surface area contributed by atoms with Gasteiger partial charge >= 0.3 is 0 Å². The number of aliphatic hydroxyl groups is 1. The highest BCUT2D eigenvalue weighted by Gasteiger charge is 2.17. The van der Waals surface area contributed by atoms with Gasteiger partial charge < -0.3 is 10.0 Å². The minimum Gasteiger partial charge on any atom is -0.396 e. The molecule has 0 aromatic heterocycles. The maximum Gasteiger partial charge on any atom is 0.0471 e. The molecule has 0 spiro atoms. The zero-order valence-corrected chi connectivity index (χ0v) is 8.84. The maximum absolute atomic E-state index is 9.05. The molecular weight excluding hydrogens is 162 g/mol. The van der Waals surface area contributed by atoms with Crippen molar-refractivity contribution in [3.05, 3.63) is 0 Å². The number of rotatable bonds is 5. The summed E-state index contributed by atoms with van der Waals surface area (Å²) in [7, 11) is 0. The van der Waals surface area contributed by atoms with Crippen LogP contribution in [-0.4, -0.2) is 36.2 Å². The zero-order valence-electron chi connectivity index (χ0n) is 8.84. The molecule has 1 heterocycles. The highest BCUT2D eigenvalue weighted by atomic mass is 16.3. The molecule has 0 amide bonds. The van der Waals surface area contributed by atoms with E-state index in [4.69, 9.17) is 5.11 Å². The number of hydrogen-bond donors (Lipinski definition) is 1. The number of piperidine rings is 1. The van der Waals surface area contributed by atoms with Gasteiger partial charge in [0, 0.05) is 13.2 Å². The van der Waals surface area contributed by atoms with Gasteiger partial charge in [-0.25, -0.2) is 0 Å². The molecular formula is C11H23NO. The Kier molecular flexibility index (Phi) is 5.40. The predicted molar refractivity (Wildman–Crippen MR) is 55.8 cm³/mol. The molecule has 1 aliphatic rings. The lowest BCUT2D eigenvalue weighted by Gasteiger charge is -2.31. The van der Waals surface area contributed by atoms with E-state index in [9.17, 15) is 0 Å². The molecule has 1 aliphatic heterocycles. The molecule has 1 fully saturated rings. The fourth-order valence-corrected chi connectivity index (χ4v) is 2.09. The fourth-order valence-electron chi connectivity index (χ4n) is 2.09. The molecule has 1 atom stereocenters. The second-order valence-electron chi connectivity index (χ2n) is 4.20. The SMILES string of the molecule is CCCCCN1CCCC(CO)C1. The van der Waals surface area contributed by atoms with Crippen LogP contribution in [0.25, 0.3) is 0 Å². The van der Waals surface area contributed by atoms with Crippen molar-refractivity contribution in [1.29, 1.82) is 0 Å². The van der Waals surface area contributed by atoms with Crippen LogP contribution in [-0.2, 0) is 0 Å². The molecule has 2 heteroatoms. The van der Waals surface area contributed by atoms with Gasteiger partial charge in [-0.05, 0) is 38.3 Å². The normalized spacial score (nSPS) is 24.9. The van der Waals surface area contributed by atoms with Crippen LogP contribution in [0.5, 0.6) is 0 Å². The van der Waals surface area contributed by atoms with Gasteiger partial charge in [0.25, 0.3) is 0 Å². The predicted octanol–water partition coefficient (Wildman–Crippen LogP) is 1.88. The lowest BCUT2D eigenvalue weighted by atomic mass is 9.99. The van der Waals surface area contributed by atoms with Crippen molar-refractivity contribution in [3.63, 3.8) is 0 Å². The van der Waals surface area contributed by atoms with Crippen LogP contribution in [0.1, 0.15) is 39.0 Å². The minimum atomic E-state index is 0.379. The number of aliphatic hydroxyl groups excluding tert-OH is 1. The largest absolute Gasteiger partial charge is 0.396 e. The van der Waals surface area contributed by atoms with Crippen LogP contribution in [0.4, 0.5) is 0 Å². The summed E-state index contributed by atoms with van der Waals surface area (Å²) in [5, 5.41) is 9.05.